The Hall–Kier alpha value is -4.37. The van der Waals surface area contributed by atoms with E-state index in [1.807, 2.05) is 12.1 Å². The highest BCUT2D eigenvalue weighted by Gasteiger charge is 2.36. The second-order valence-electron chi connectivity index (χ2n) is 8.36. The van der Waals surface area contributed by atoms with Crippen molar-refractivity contribution in [1.29, 1.82) is 0 Å². The van der Waals surface area contributed by atoms with Gasteiger partial charge in [-0.1, -0.05) is 29.8 Å². The van der Waals surface area contributed by atoms with Gasteiger partial charge in [-0.3, -0.25) is 24.5 Å². The zero-order valence-electron chi connectivity index (χ0n) is 19.0. The predicted molar refractivity (Wildman–Crippen MR) is 133 cm³/mol. The molecule has 2 amide bonds. The van der Waals surface area contributed by atoms with Gasteiger partial charge in [-0.05, 0) is 42.0 Å². The van der Waals surface area contributed by atoms with Crippen LogP contribution in [0.3, 0.4) is 0 Å². The molecule has 1 aliphatic rings. The molecule has 5 rings (SSSR count). The van der Waals surface area contributed by atoms with Gasteiger partial charge in [0.25, 0.3) is 11.8 Å². The SMILES string of the molecule is O=C(Nc1ccccn1)c1ccc(CN2C(=O)c3cn[nH]c3CC(=O)C2Cc2ccccn2)cc1Cl. The average molecular weight is 501 g/mol. The van der Waals surface area contributed by atoms with Gasteiger partial charge in [-0.2, -0.15) is 5.10 Å². The monoisotopic (exact) mass is 500 g/mol. The van der Waals surface area contributed by atoms with Crippen LogP contribution in [-0.4, -0.2) is 48.7 Å². The van der Waals surface area contributed by atoms with Gasteiger partial charge in [0.15, 0.2) is 5.78 Å². The molecule has 1 aliphatic heterocycles. The van der Waals surface area contributed by atoms with Gasteiger partial charge in [0, 0.05) is 31.1 Å². The van der Waals surface area contributed by atoms with Crippen molar-refractivity contribution in [3.8, 4) is 0 Å². The molecule has 1 unspecified atom stereocenters. The van der Waals surface area contributed by atoms with Gasteiger partial charge in [-0.25, -0.2) is 4.98 Å². The Bertz CT molecular complexity index is 1420. The van der Waals surface area contributed by atoms with Crippen molar-refractivity contribution in [2.24, 2.45) is 0 Å². The molecule has 10 heteroatoms. The Morgan fingerprint density at radius 2 is 1.89 bits per heavy atom. The summed E-state index contributed by atoms with van der Waals surface area (Å²) in [5.74, 6) is -0.417. The second kappa shape index (κ2) is 10.1. The normalized spacial score (nSPS) is 15.4. The third kappa shape index (κ3) is 4.87. The van der Waals surface area contributed by atoms with Crippen LogP contribution in [-0.2, 0) is 24.2 Å². The van der Waals surface area contributed by atoms with Crippen LogP contribution in [0.4, 0.5) is 5.82 Å². The van der Waals surface area contributed by atoms with Crippen molar-refractivity contribution in [3.05, 3.63) is 106 Å². The first-order valence-corrected chi connectivity index (χ1v) is 11.6. The Balaban J connectivity index is 1.42. The van der Waals surface area contributed by atoms with E-state index in [9.17, 15) is 14.4 Å². The van der Waals surface area contributed by atoms with E-state index in [0.717, 1.165) is 0 Å². The molecule has 0 aliphatic carbocycles. The largest absolute Gasteiger partial charge is 0.324 e. The number of carbonyl (C=O) groups excluding carboxylic acids is 3. The van der Waals surface area contributed by atoms with Gasteiger partial charge in [0.05, 0.1) is 40.5 Å². The molecular weight excluding hydrogens is 480 g/mol. The smallest absolute Gasteiger partial charge is 0.258 e. The Labute approximate surface area is 211 Å². The fourth-order valence-corrected chi connectivity index (χ4v) is 4.46. The lowest BCUT2D eigenvalue weighted by Crippen LogP contribution is -2.45. The molecule has 0 saturated heterocycles. The van der Waals surface area contributed by atoms with Gasteiger partial charge in [0.1, 0.15) is 5.82 Å². The Kier molecular flexibility index (Phi) is 6.55. The molecule has 9 nitrogen and oxygen atoms in total. The first kappa shape index (κ1) is 23.4. The van der Waals surface area contributed by atoms with E-state index in [0.29, 0.717) is 28.3 Å². The molecule has 0 spiro atoms. The number of halogens is 1. The minimum absolute atomic E-state index is 0.0719. The topological polar surface area (TPSA) is 121 Å². The van der Waals surface area contributed by atoms with Crippen molar-refractivity contribution in [1.82, 2.24) is 25.1 Å². The molecule has 0 bridgehead atoms. The summed E-state index contributed by atoms with van der Waals surface area (Å²) in [6, 6.07) is 14.9. The van der Waals surface area contributed by atoms with Crippen LogP contribution in [0.2, 0.25) is 5.02 Å². The van der Waals surface area contributed by atoms with Crippen LogP contribution in [0, 0.1) is 0 Å². The number of aromatic nitrogens is 4. The standard InChI is InChI=1S/C26H21ClN6O3/c27-20-11-16(7-8-18(20)25(35)31-24-6-2-4-10-29-24)15-33-22(12-17-5-1-3-9-28-17)23(34)13-21-19(26(33)36)14-30-32-21/h1-11,14,22H,12-13,15H2,(H,30,32)(H,29,31,35). The zero-order valence-corrected chi connectivity index (χ0v) is 19.8. The minimum Gasteiger partial charge on any atom is -0.324 e. The van der Waals surface area contributed by atoms with E-state index in [4.69, 9.17) is 11.6 Å². The number of ketones is 1. The summed E-state index contributed by atoms with van der Waals surface area (Å²) in [6.45, 7) is 0.120. The molecule has 3 aromatic heterocycles. The maximum absolute atomic E-state index is 13.5. The molecular formula is C26H21ClN6O3. The Morgan fingerprint density at radius 1 is 1.08 bits per heavy atom. The number of fused-ring (bicyclic) bond motifs is 1. The molecule has 36 heavy (non-hydrogen) atoms. The number of carbonyl (C=O) groups is 3. The molecule has 2 N–H and O–H groups in total. The van der Waals surface area contributed by atoms with E-state index in [1.165, 1.54) is 11.1 Å². The predicted octanol–water partition coefficient (Wildman–Crippen LogP) is 3.48. The number of H-pyrrole nitrogens is 1. The zero-order chi connectivity index (χ0) is 25.1. The summed E-state index contributed by atoms with van der Waals surface area (Å²) in [6.07, 6.45) is 5.03. The quantitative estimate of drug-likeness (QED) is 0.418. The number of aromatic amines is 1. The molecule has 0 radical (unpaired) electrons. The Morgan fingerprint density at radius 3 is 2.61 bits per heavy atom. The number of hydrogen-bond acceptors (Lipinski definition) is 6. The first-order valence-electron chi connectivity index (χ1n) is 11.3. The van der Waals surface area contributed by atoms with E-state index < -0.39 is 11.9 Å². The number of amides is 2. The van der Waals surface area contributed by atoms with Crippen molar-refractivity contribution in [2.75, 3.05) is 5.32 Å². The fourth-order valence-electron chi connectivity index (χ4n) is 4.18. The lowest BCUT2D eigenvalue weighted by molar-refractivity contribution is -0.122. The van der Waals surface area contributed by atoms with E-state index in [1.54, 1.807) is 54.9 Å². The summed E-state index contributed by atoms with van der Waals surface area (Å²) >= 11 is 6.46. The number of pyridine rings is 2. The minimum atomic E-state index is -0.723. The third-order valence-corrected chi connectivity index (χ3v) is 6.29. The van der Waals surface area contributed by atoms with E-state index in [2.05, 4.69) is 25.5 Å². The number of nitrogens with zero attached hydrogens (tertiary/aromatic N) is 4. The van der Waals surface area contributed by atoms with Crippen molar-refractivity contribution >= 4 is 35.0 Å². The summed E-state index contributed by atoms with van der Waals surface area (Å²) in [5.41, 5.74) is 2.51. The van der Waals surface area contributed by atoms with Crippen molar-refractivity contribution in [3.63, 3.8) is 0 Å². The van der Waals surface area contributed by atoms with Gasteiger partial charge < -0.3 is 10.2 Å². The summed E-state index contributed by atoms with van der Waals surface area (Å²) in [7, 11) is 0. The van der Waals surface area contributed by atoms with Crippen LogP contribution in [0.1, 0.15) is 37.7 Å². The highest BCUT2D eigenvalue weighted by atomic mass is 35.5. The lowest BCUT2D eigenvalue weighted by atomic mass is 10.0. The van der Waals surface area contributed by atoms with Gasteiger partial charge in [-0.15, -0.1) is 0 Å². The van der Waals surface area contributed by atoms with Gasteiger partial charge in [0.2, 0.25) is 0 Å². The molecule has 4 aromatic rings. The highest BCUT2D eigenvalue weighted by Crippen LogP contribution is 2.26. The number of Topliss-reactive ketones (excluding diaryl/α,β-unsaturated/α-hetero) is 1. The third-order valence-electron chi connectivity index (χ3n) is 5.97. The number of nitrogens with one attached hydrogen (secondary N) is 2. The highest BCUT2D eigenvalue weighted by molar-refractivity contribution is 6.34. The molecule has 1 atom stereocenters. The summed E-state index contributed by atoms with van der Waals surface area (Å²) in [5, 5.41) is 9.65. The number of benzene rings is 1. The first-order chi connectivity index (χ1) is 17.5. The number of rotatable bonds is 6. The van der Waals surface area contributed by atoms with Crippen molar-refractivity contribution < 1.29 is 14.4 Å². The summed E-state index contributed by atoms with van der Waals surface area (Å²) < 4.78 is 0. The van der Waals surface area contributed by atoms with Crippen LogP contribution in [0.5, 0.6) is 0 Å². The summed E-state index contributed by atoms with van der Waals surface area (Å²) in [4.78, 5) is 49.4. The maximum Gasteiger partial charge on any atom is 0.258 e. The fraction of sp³-hybridized carbons (Fsp3) is 0.154. The molecule has 1 aromatic carbocycles. The molecule has 4 heterocycles. The number of hydrogen-bond donors (Lipinski definition) is 2. The molecule has 0 saturated carbocycles. The van der Waals surface area contributed by atoms with Crippen LogP contribution < -0.4 is 5.32 Å². The van der Waals surface area contributed by atoms with Gasteiger partial charge >= 0.3 is 0 Å². The van der Waals surface area contributed by atoms with Crippen LogP contribution >= 0.6 is 11.6 Å². The van der Waals surface area contributed by atoms with E-state index >= 15 is 0 Å². The second-order valence-corrected chi connectivity index (χ2v) is 8.77. The maximum atomic E-state index is 13.5. The number of anilines is 1. The molecule has 180 valence electrons. The van der Waals surface area contributed by atoms with Crippen LogP contribution in [0.25, 0.3) is 0 Å². The average Bonchev–Trinajstić information content (AvgIpc) is 3.32. The van der Waals surface area contributed by atoms with Crippen molar-refractivity contribution in [2.45, 2.75) is 25.4 Å². The molecule has 0 fully saturated rings. The van der Waals surface area contributed by atoms with E-state index in [-0.39, 0.29) is 41.7 Å². The van der Waals surface area contributed by atoms with Crippen LogP contribution in [0.15, 0.2) is 73.2 Å². The lowest BCUT2D eigenvalue weighted by Gasteiger charge is -2.29.